The van der Waals surface area contributed by atoms with E-state index < -0.39 is 0 Å². The fourth-order valence-corrected chi connectivity index (χ4v) is 4.20. The van der Waals surface area contributed by atoms with E-state index in [1.807, 2.05) is 32.9 Å². The molecule has 3 rings (SSSR count). The van der Waals surface area contributed by atoms with Crippen LogP contribution >= 0.6 is 11.8 Å². The molecule has 0 bridgehead atoms. The second-order valence-corrected chi connectivity index (χ2v) is 7.80. The van der Waals surface area contributed by atoms with Crippen LogP contribution in [0.25, 0.3) is 11.8 Å². The first-order valence-electron chi connectivity index (χ1n) is 8.86. The molecule has 0 saturated carbocycles. The summed E-state index contributed by atoms with van der Waals surface area (Å²) in [5.41, 5.74) is 5.43. The van der Waals surface area contributed by atoms with Gasteiger partial charge in [-0.3, -0.25) is 14.5 Å². The molecule has 136 valence electrons. The van der Waals surface area contributed by atoms with E-state index in [1.165, 1.54) is 10.5 Å². The summed E-state index contributed by atoms with van der Waals surface area (Å²) in [5, 5.41) is -0.178. The lowest BCUT2D eigenvalue weighted by Gasteiger charge is -2.19. The lowest BCUT2D eigenvalue weighted by molar-refractivity contribution is -0.124. The Balaban J connectivity index is 1.99. The molecule has 1 aliphatic rings. The van der Waals surface area contributed by atoms with Gasteiger partial charge in [0.05, 0.1) is 4.91 Å². The third-order valence-electron chi connectivity index (χ3n) is 4.87. The number of amides is 2. The minimum atomic E-state index is -0.185. The molecule has 1 aliphatic heterocycles. The first-order valence-corrected chi connectivity index (χ1v) is 9.68. The van der Waals surface area contributed by atoms with E-state index in [4.69, 9.17) is 0 Å². The zero-order chi connectivity index (χ0) is 19.0. The van der Waals surface area contributed by atoms with E-state index in [0.717, 1.165) is 40.8 Å². The highest BCUT2D eigenvalue weighted by molar-refractivity contribution is 8.18. The Bertz CT molecular complexity index is 911. The second kappa shape index (κ2) is 7.16. The molecule has 0 radical (unpaired) electrons. The zero-order valence-electron chi connectivity index (χ0n) is 15.9. The van der Waals surface area contributed by atoms with Crippen molar-refractivity contribution in [3.8, 4) is 5.69 Å². The quantitative estimate of drug-likeness (QED) is 0.693. The van der Waals surface area contributed by atoms with Crippen LogP contribution in [0.3, 0.4) is 0 Å². The summed E-state index contributed by atoms with van der Waals surface area (Å²) in [6, 6.07) is 10.3. The smallest absolute Gasteiger partial charge is 0.293 e. The molecule has 2 heterocycles. The van der Waals surface area contributed by atoms with Crippen LogP contribution in [0.1, 0.15) is 42.8 Å². The molecule has 1 fully saturated rings. The molecule has 1 aromatic carbocycles. The summed E-state index contributed by atoms with van der Waals surface area (Å²) in [6.07, 6.45) is 2.61. The van der Waals surface area contributed by atoms with Crippen molar-refractivity contribution in [2.45, 2.75) is 47.1 Å². The van der Waals surface area contributed by atoms with Crippen molar-refractivity contribution < 1.29 is 9.59 Å². The number of nitrogens with zero attached hydrogens (tertiary/aromatic N) is 2. The number of carbonyl (C=O) groups is 2. The predicted molar refractivity (Wildman–Crippen MR) is 108 cm³/mol. The van der Waals surface area contributed by atoms with Gasteiger partial charge in [-0.2, -0.15) is 0 Å². The standard InChI is InChI=1S/C21H24N2O2S/c1-6-14(3)23-20(24)19(26-21(23)25)12-17-11-15(4)22(16(17)5)18-9-7-8-13(2)10-18/h7-12,14H,6H2,1-5H3/b19-12+/t14-/m0/s1. The highest BCUT2D eigenvalue weighted by Crippen LogP contribution is 2.35. The highest BCUT2D eigenvalue weighted by Gasteiger charge is 2.37. The monoisotopic (exact) mass is 368 g/mol. The Morgan fingerprint density at radius 3 is 2.54 bits per heavy atom. The number of benzene rings is 1. The molecule has 1 saturated heterocycles. The maximum Gasteiger partial charge on any atom is 0.293 e. The molecule has 2 aromatic rings. The molecule has 0 unspecified atom stereocenters. The van der Waals surface area contributed by atoms with E-state index >= 15 is 0 Å². The van der Waals surface area contributed by atoms with Crippen molar-refractivity contribution in [1.29, 1.82) is 0 Å². The topological polar surface area (TPSA) is 42.3 Å². The van der Waals surface area contributed by atoms with Gasteiger partial charge in [0, 0.05) is 23.1 Å². The van der Waals surface area contributed by atoms with E-state index in [2.05, 4.69) is 42.7 Å². The molecule has 0 spiro atoms. The molecule has 1 aromatic heterocycles. The van der Waals surface area contributed by atoms with Crippen LogP contribution in [-0.2, 0) is 4.79 Å². The third-order valence-corrected chi connectivity index (χ3v) is 5.76. The van der Waals surface area contributed by atoms with Crippen molar-refractivity contribution >= 4 is 29.0 Å². The van der Waals surface area contributed by atoms with Gasteiger partial charge in [0.25, 0.3) is 11.1 Å². The van der Waals surface area contributed by atoms with Crippen molar-refractivity contribution in [1.82, 2.24) is 9.47 Å². The number of carbonyl (C=O) groups excluding carboxylic acids is 2. The summed E-state index contributed by atoms with van der Waals surface area (Å²) in [6.45, 7) is 10.1. The van der Waals surface area contributed by atoms with E-state index in [-0.39, 0.29) is 17.2 Å². The number of aromatic nitrogens is 1. The van der Waals surface area contributed by atoms with E-state index in [9.17, 15) is 9.59 Å². The van der Waals surface area contributed by atoms with Gasteiger partial charge in [0.2, 0.25) is 0 Å². The van der Waals surface area contributed by atoms with Crippen LogP contribution in [0.4, 0.5) is 4.79 Å². The number of hydrogen-bond donors (Lipinski definition) is 0. The van der Waals surface area contributed by atoms with Crippen LogP contribution in [0, 0.1) is 20.8 Å². The van der Waals surface area contributed by atoms with Gasteiger partial charge in [-0.25, -0.2) is 0 Å². The lowest BCUT2D eigenvalue weighted by atomic mass is 10.2. The van der Waals surface area contributed by atoms with Crippen LogP contribution in [0.2, 0.25) is 0 Å². The second-order valence-electron chi connectivity index (χ2n) is 6.81. The number of thioether (sulfide) groups is 1. The number of rotatable bonds is 4. The third kappa shape index (κ3) is 3.23. The average molecular weight is 369 g/mol. The SMILES string of the molecule is CC[C@H](C)N1C(=O)S/C(=C/c2cc(C)n(-c3cccc(C)c3)c2C)C1=O. The first kappa shape index (κ1) is 18.5. The summed E-state index contributed by atoms with van der Waals surface area (Å²) in [4.78, 5) is 26.7. The Labute approximate surface area is 158 Å². The molecule has 2 amide bonds. The molecule has 1 atom stereocenters. The minimum absolute atomic E-state index is 0.0758. The molecule has 4 nitrogen and oxygen atoms in total. The van der Waals surface area contributed by atoms with Crippen molar-refractivity contribution in [3.63, 3.8) is 0 Å². The summed E-state index contributed by atoms with van der Waals surface area (Å²) < 4.78 is 2.18. The normalized spacial score (nSPS) is 17.4. The highest BCUT2D eigenvalue weighted by atomic mass is 32.2. The fourth-order valence-electron chi connectivity index (χ4n) is 3.28. The Morgan fingerprint density at radius 1 is 1.15 bits per heavy atom. The van der Waals surface area contributed by atoms with Crippen LogP contribution in [0.15, 0.2) is 35.2 Å². The lowest BCUT2D eigenvalue weighted by Crippen LogP contribution is -2.36. The molecular weight excluding hydrogens is 344 g/mol. The van der Waals surface area contributed by atoms with E-state index in [1.54, 1.807) is 0 Å². The first-order chi connectivity index (χ1) is 12.3. The predicted octanol–water partition coefficient (Wildman–Crippen LogP) is 5.24. The van der Waals surface area contributed by atoms with Gasteiger partial charge in [-0.05, 0) is 81.3 Å². The van der Waals surface area contributed by atoms with Gasteiger partial charge in [-0.1, -0.05) is 19.1 Å². The molecular formula is C21H24N2O2S. The van der Waals surface area contributed by atoms with Crippen LogP contribution in [-0.4, -0.2) is 26.7 Å². The van der Waals surface area contributed by atoms with E-state index in [0.29, 0.717) is 4.91 Å². The Kier molecular flexibility index (Phi) is 5.10. The average Bonchev–Trinajstić information content (AvgIpc) is 3.03. The van der Waals surface area contributed by atoms with Crippen molar-refractivity contribution in [2.75, 3.05) is 0 Å². The van der Waals surface area contributed by atoms with Gasteiger partial charge < -0.3 is 4.57 Å². The van der Waals surface area contributed by atoms with Gasteiger partial charge in [0.15, 0.2) is 0 Å². The number of imide groups is 1. The van der Waals surface area contributed by atoms with Gasteiger partial charge in [-0.15, -0.1) is 0 Å². The molecule has 0 aliphatic carbocycles. The Hall–Kier alpha value is -2.27. The summed E-state index contributed by atoms with van der Waals surface area (Å²) in [5.74, 6) is -0.185. The van der Waals surface area contributed by atoms with Gasteiger partial charge in [0.1, 0.15) is 0 Å². The largest absolute Gasteiger partial charge is 0.318 e. The Morgan fingerprint density at radius 2 is 1.88 bits per heavy atom. The fraction of sp³-hybridized carbons (Fsp3) is 0.333. The molecule has 0 N–H and O–H groups in total. The zero-order valence-corrected chi connectivity index (χ0v) is 16.7. The molecule has 26 heavy (non-hydrogen) atoms. The van der Waals surface area contributed by atoms with Crippen molar-refractivity contribution in [2.24, 2.45) is 0 Å². The number of aryl methyl sites for hydroxylation is 2. The summed E-state index contributed by atoms with van der Waals surface area (Å²) in [7, 11) is 0. The molecule has 5 heteroatoms. The van der Waals surface area contributed by atoms with Crippen LogP contribution in [0.5, 0.6) is 0 Å². The summed E-state index contributed by atoms with van der Waals surface area (Å²) >= 11 is 1.03. The minimum Gasteiger partial charge on any atom is -0.318 e. The van der Waals surface area contributed by atoms with Crippen LogP contribution < -0.4 is 0 Å². The maximum absolute atomic E-state index is 12.6. The number of hydrogen-bond acceptors (Lipinski definition) is 3. The van der Waals surface area contributed by atoms with Crippen molar-refractivity contribution in [3.05, 3.63) is 57.8 Å². The maximum atomic E-state index is 12.6. The van der Waals surface area contributed by atoms with Gasteiger partial charge >= 0.3 is 0 Å².